The second-order valence-corrected chi connectivity index (χ2v) is 9.08. The maximum absolute atomic E-state index is 13.1. The van der Waals surface area contributed by atoms with Gasteiger partial charge in [0.15, 0.2) is 4.34 Å². The monoisotopic (exact) mass is 396 g/mol. The van der Waals surface area contributed by atoms with Gasteiger partial charge in [0.2, 0.25) is 11.0 Å². The molecule has 1 aromatic heterocycles. The van der Waals surface area contributed by atoms with E-state index in [4.69, 9.17) is 0 Å². The molecule has 1 aliphatic rings. The highest BCUT2D eigenvalue weighted by Crippen LogP contribution is 2.36. The van der Waals surface area contributed by atoms with Gasteiger partial charge < -0.3 is 10.2 Å². The Kier molecular flexibility index (Phi) is 5.13. The van der Waals surface area contributed by atoms with Gasteiger partial charge in [0.1, 0.15) is 0 Å². The largest absolute Gasteiger partial charge is 0.330 e. The maximum atomic E-state index is 13.1. The smallest absolute Gasteiger partial charge is 0.240 e. The van der Waals surface area contributed by atoms with E-state index in [1.807, 2.05) is 60.4 Å². The second-order valence-electron chi connectivity index (χ2n) is 6.51. The number of aromatic nitrogens is 2. The first-order valence-corrected chi connectivity index (χ1v) is 10.5. The Hall–Kier alpha value is -2.38. The number of benzene rings is 2. The molecule has 0 saturated heterocycles. The number of nitrogens with zero attached hydrogens (tertiary/aromatic N) is 3. The van der Waals surface area contributed by atoms with Gasteiger partial charge in [-0.15, -0.1) is 10.2 Å². The van der Waals surface area contributed by atoms with E-state index in [2.05, 4.69) is 28.5 Å². The Morgan fingerprint density at radius 2 is 1.93 bits per heavy atom. The Morgan fingerprint density at radius 1 is 1.19 bits per heavy atom. The molecule has 1 N–H and O–H groups in total. The summed E-state index contributed by atoms with van der Waals surface area (Å²) >= 11 is 2.92. The third-order valence-corrected chi connectivity index (χ3v) is 6.51. The minimum absolute atomic E-state index is 0.116. The van der Waals surface area contributed by atoms with E-state index in [9.17, 15) is 4.79 Å². The third kappa shape index (κ3) is 3.84. The van der Waals surface area contributed by atoms with Crippen LogP contribution in [0.4, 0.5) is 16.5 Å². The lowest BCUT2D eigenvalue weighted by atomic mass is 10.1. The van der Waals surface area contributed by atoms with Gasteiger partial charge in [-0.3, -0.25) is 4.79 Å². The van der Waals surface area contributed by atoms with Crippen LogP contribution in [-0.4, -0.2) is 27.4 Å². The van der Waals surface area contributed by atoms with Crippen LogP contribution in [0.1, 0.15) is 19.4 Å². The lowest BCUT2D eigenvalue weighted by Gasteiger charge is -2.25. The number of hydrogen-bond donors (Lipinski definition) is 1. The Bertz CT molecular complexity index is 944. The summed E-state index contributed by atoms with van der Waals surface area (Å²) in [5.74, 6) is 0.116. The molecule has 0 saturated carbocycles. The van der Waals surface area contributed by atoms with Crippen molar-refractivity contribution in [3.05, 3.63) is 60.2 Å². The number of amides is 1. The van der Waals surface area contributed by atoms with Gasteiger partial charge in [-0.2, -0.15) is 0 Å². The summed E-state index contributed by atoms with van der Waals surface area (Å²) in [5, 5.41) is 12.1. The molecule has 0 unspecified atom stereocenters. The zero-order valence-corrected chi connectivity index (χ0v) is 16.8. The molecule has 27 heavy (non-hydrogen) atoms. The molecule has 0 fully saturated rings. The van der Waals surface area contributed by atoms with Crippen molar-refractivity contribution < 1.29 is 4.79 Å². The lowest BCUT2D eigenvalue weighted by molar-refractivity contribution is -0.118. The molecule has 1 amide bonds. The first kappa shape index (κ1) is 18.0. The number of hydrogen-bond acceptors (Lipinski definition) is 6. The number of nitrogens with one attached hydrogen (secondary N) is 1. The molecule has 4 rings (SSSR count). The highest BCUT2D eigenvalue weighted by Gasteiger charge is 2.33. The Labute approximate surface area is 166 Å². The standard InChI is InChI=1S/C20H20N4OS2/c1-13-12-15-8-6-7-11-17(15)24(13)18(25)14(2)26-20-23-22-19(27-20)21-16-9-4-3-5-10-16/h3-11,13-14H,12H2,1-2H3,(H,21,22)/t13-,14+/m1/s1. The molecule has 2 aromatic carbocycles. The molecule has 0 aliphatic carbocycles. The van der Waals surface area contributed by atoms with Gasteiger partial charge in [0, 0.05) is 17.4 Å². The van der Waals surface area contributed by atoms with Crippen LogP contribution < -0.4 is 10.2 Å². The molecule has 0 bridgehead atoms. The molecule has 0 spiro atoms. The molecular weight excluding hydrogens is 376 g/mol. The summed E-state index contributed by atoms with van der Waals surface area (Å²) in [6.07, 6.45) is 0.906. The molecule has 5 nitrogen and oxygen atoms in total. The number of carbonyl (C=O) groups is 1. The van der Waals surface area contributed by atoms with Crippen LogP contribution in [-0.2, 0) is 11.2 Å². The van der Waals surface area contributed by atoms with Crippen molar-refractivity contribution in [2.45, 2.75) is 35.9 Å². The van der Waals surface area contributed by atoms with E-state index in [-0.39, 0.29) is 17.2 Å². The van der Waals surface area contributed by atoms with Crippen LogP contribution in [0.5, 0.6) is 0 Å². The normalized spacial score (nSPS) is 16.8. The van der Waals surface area contributed by atoms with Gasteiger partial charge >= 0.3 is 0 Å². The van der Waals surface area contributed by atoms with Crippen LogP contribution in [0.25, 0.3) is 0 Å². The number of thioether (sulfide) groups is 1. The number of carbonyl (C=O) groups excluding carboxylic acids is 1. The second kappa shape index (κ2) is 7.70. The van der Waals surface area contributed by atoms with Crippen LogP contribution in [0.15, 0.2) is 58.9 Å². The van der Waals surface area contributed by atoms with Gasteiger partial charge in [0.25, 0.3) is 0 Å². The molecule has 1 aliphatic heterocycles. The first-order chi connectivity index (χ1) is 13.1. The number of para-hydroxylation sites is 2. The fourth-order valence-electron chi connectivity index (χ4n) is 3.25. The number of fused-ring (bicyclic) bond motifs is 1. The zero-order chi connectivity index (χ0) is 18.8. The van der Waals surface area contributed by atoms with E-state index in [0.717, 1.165) is 27.3 Å². The molecule has 138 valence electrons. The summed E-state index contributed by atoms with van der Waals surface area (Å²) in [6.45, 7) is 4.04. The van der Waals surface area contributed by atoms with Crippen LogP contribution in [0.3, 0.4) is 0 Å². The van der Waals surface area contributed by atoms with Crippen LogP contribution in [0, 0.1) is 0 Å². The SMILES string of the molecule is C[C@H](Sc1nnc(Nc2ccccc2)s1)C(=O)N1c2ccccc2C[C@H]1C. The van der Waals surface area contributed by atoms with Crippen molar-refractivity contribution in [2.75, 3.05) is 10.2 Å². The lowest BCUT2D eigenvalue weighted by Crippen LogP contribution is -2.40. The van der Waals surface area contributed by atoms with E-state index >= 15 is 0 Å². The van der Waals surface area contributed by atoms with Crippen molar-refractivity contribution >= 4 is 45.5 Å². The predicted molar refractivity (Wildman–Crippen MR) is 112 cm³/mol. The first-order valence-electron chi connectivity index (χ1n) is 8.85. The molecular formula is C20H20N4OS2. The van der Waals surface area contributed by atoms with Crippen molar-refractivity contribution in [3.63, 3.8) is 0 Å². The summed E-state index contributed by atoms with van der Waals surface area (Å²) < 4.78 is 0.786. The van der Waals surface area contributed by atoms with E-state index in [0.29, 0.717) is 0 Å². The minimum atomic E-state index is -0.226. The summed E-state index contributed by atoms with van der Waals surface area (Å²) in [4.78, 5) is 15.0. The molecule has 0 radical (unpaired) electrons. The van der Waals surface area contributed by atoms with Gasteiger partial charge in [-0.05, 0) is 44.0 Å². The molecule has 2 atom stereocenters. The van der Waals surface area contributed by atoms with Crippen molar-refractivity contribution in [1.29, 1.82) is 0 Å². The van der Waals surface area contributed by atoms with E-state index in [1.54, 1.807) is 0 Å². The number of anilines is 3. The molecule has 2 heterocycles. The van der Waals surface area contributed by atoms with Crippen LogP contribution >= 0.6 is 23.1 Å². The fourth-order valence-corrected chi connectivity index (χ4v) is 5.22. The molecule has 3 aromatic rings. The Morgan fingerprint density at radius 3 is 2.74 bits per heavy atom. The summed E-state index contributed by atoms with van der Waals surface area (Å²) in [5.41, 5.74) is 3.24. The van der Waals surface area contributed by atoms with Crippen molar-refractivity contribution in [2.24, 2.45) is 0 Å². The quantitative estimate of drug-likeness (QED) is 0.631. The Balaban J connectivity index is 1.43. The highest BCUT2D eigenvalue weighted by molar-refractivity contribution is 8.02. The van der Waals surface area contributed by atoms with Gasteiger partial charge in [-0.1, -0.05) is 59.5 Å². The van der Waals surface area contributed by atoms with Crippen LogP contribution in [0.2, 0.25) is 0 Å². The van der Waals surface area contributed by atoms with Gasteiger partial charge in [-0.25, -0.2) is 0 Å². The summed E-state index contributed by atoms with van der Waals surface area (Å²) in [7, 11) is 0. The fraction of sp³-hybridized carbons (Fsp3) is 0.250. The number of rotatable bonds is 5. The maximum Gasteiger partial charge on any atom is 0.240 e. The van der Waals surface area contributed by atoms with Gasteiger partial charge in [0.05, 0.1) is 5.25 Å². The topological polar surface area (TPSA) is 58.1 Å². The highest BCUT2D eigenvalue weighted by atomic mass is 32.2. The van der Waals surface area contributed by atoms with E-state index in [1.165, 1.54) is 28.7 Å². The average molecular weight is 397 g/mol. The third-order valence-electron chi connectivity index (χ3n) is 4.50. The zero-order valence-electron chi connectivity index (χ0n) is 15.1. The predicted octanol–water partition coefficient (Wildman–Crippen LogP) is 4.74. The average Bonchev–Trinajstić information content (AvgIpc) is 3.24. The minimum Gasteiger partial charge on any atom is -0.330 e. The van der Waals surface area contributed by atoms with Crippen molar-refractivity contribution in [1.82, 2.24) is 10.2 Å². The van der Waals surface area contributed by atoms with Crippen molar-refractivity contribution in [3.8, 4) is 0 Å². The molecule has 7 heteroatoms. The van der Waals surface area contributed by atoms with E-state index < -0.39 is 0 Å². The summed E-state index contributed by atoms with van der Waals surface area (Å²) in [6, 6.07) is 18.2.